The zero-order valence-corrected chi connectivity index (χ0v) is 15.2. The van der Waals surface area contributed by atoms with Gasteiger partial charge in [0.15, 0.2) is 5.60 Å². The molecule has 3 nitrogen and oxygen atoms in total. The van der Waals surface area contributed by atoms with E-state index in [-0.39, 0.29) is 14.8 Å². The number of carbonyl (C=O) groups excluding carboxylic acids is 1. The fourth-order valence-electron chi connectivity index (χ4n) is 2.95. The van der Waals surface area contributed by atoms with Crippen LogP contribution < -0.4 is 5.32 Å². The molecule has 1 saturated heterocycles. The van der Waals surface area contributed by atoms with E-state index in [1.165, 1.54) is 12.2 Å². The van der Waals surface area contributed by atoms with Crippen LogP contribution in [-0.2, 0) is 9.53 Å². The summed E-state index contributed by atoms with van der Waals surface area (Å²) < 4.78 is 47.5. The first-order valence-corrected chi connectivity index (χ1v) is 8.83. The van der Waals surface area contributed by atoms with Gasteiger partial charge in [-0.3, -0.25) is 4.79 Å². The summed E-state index contributed by atoms with van der Waals surface area (Å²) in [6.45, 7) is 0. The van der Waals surface area contributed by atoms with Gasteiger partial charge in [-0.2, -0.15) is 13.2 Å². The topological polar surface area (TPSA) is 38.3 Å². The average Bonchev–Trinajstić information content (AvgIpc) is 2.91. The lowest BCUT2D eigenvalue weighted by Gasteiger charge is -2.39. The smallest absolute Gasteiger partial charge is 0.364 e. The quantitative estimate of drug-likeness (QED) is 0.607. The predicted molar refractivity (Wildman–Crippen MR) is 99.3 cm³/mol. The van der Waals surface area contributed by atoms with Gasteiger partial charge >= 0.3 is 6.18 Å². The molecule has 2 aliphatic rings. The lowest BCUT2D eigenvalue weighted by atomic mass is 9.78. The molecular formula is C18H14F3NO2S2. The van der Waals surface area contributed by atoms with Gasteiger partial charge in [0.05, 0.1) is 4.91 Å². The van der Waals surface area contributed by atoms with Gasteiger partial charge in [0.1, 0.15) is 4.32 Å². The summed E-state index contributed by atoms with van der Waals surface area (Å²) in [4.78, 5) is 12.1. The molecule has 1 aromatic rings. The maximum absolute atomic E-state index is 14.0. The van der Waals surface area contributed by atoms with E-state index in [0.29, 0.717) is 11.1 Å². The van der Waals surface area contributed by atoms with Crippen molar-refractivity contribution in [2.45, 2.75) is 18.2 Å². The number of hydrogen-bond donors (Lipinski definition) is 1. The zero-order valence-electron chi connectivity index (χ0n) is 13.6. The first-order valence-electron chi connectivity index (χ1n) is 7.60. The number of rotatable bonds is 3. The molecule has 1 atom stereocenters. The van der Waals surface area contributed by atoms with Gasteiger partial charge in [-0.25, -0.2) is 0 Å². The van der Waals surface area contributed by atoms with Crippen LogP contribution >= 0.6 is 24.0 Å². The Morgan fingerprint density at radius 1 is 1.27 bits per heavy atom. The second kappa shape index (κ2) is 7.02. The van der Waals surface area contributed by atoms with Crippen LogP contribution in [0, 0.1) is 0 Å². The van der Waals surface area contributed by atoms with E-state index in [2.05, 4.69) is 5.32 Å². The summed E-state index contributed by atoms with van der Waals surface area (Å²) in [6.07, 6.45) is -0.664. The third-order valence-corrected chi connectivity index (χ3v) is 5.36. The molecule has 136 valence electrons. The third-order valence-electron chi connectivity index (χ3n) is 4.20. The van der Waals surface area contributed by atoms with Gasteiger partial charge in [-0.05, 0) is 17.2 Å². The Labute approximate surface area is 158 Å². The molecule has 1 unspecified atom stereocenters. The number of nitrogens with one attached hydrogen (secondary N) is 1. The highest BCUT2D eigenvalue weighted by atomic mass is 32.2. The molecule has 8 heteroatoms. The Kier molecular flexibility index (Phi) is 5.09. The first-order chi connectivity index (χ1) is 12.3. The fourth-order valence-corrected chi connectivity index (χ4v) is 4.01. The Hall–Kier alpha value is -1.90. The van der Waals surface area contributed by atoms with Crippen LogP contribution in [0.15, 0.2) is 59.0 Å². The van der Waals surface area contributed by atoms with Gasteiger partial charge in [-0.1, -0.05) is 66.5 Å². The van der Waals surface area contributed by atoms with E-state index < -0.39 is 24.1 Å². The van der Waals surface area contributed by atoms with Crippen LogP contribution in [0.3, 0.4) is 0 Å². The number of thioether (sulfide) groups is 1. The number of amides is 1. The molecule has 1 heterocycles. The molecule has 26 heavy (non-hydrogen) atoms. The lowest BCUT2D eigenvalue weighted by Crippen LogP contribution is -2.49. The average molecular weight is 397 g/mol. The van der Waals surface area contributed by atoms with Crippen LogP contribution in [0.4, 0.5) is 13.2 Å². The highest BCUT2D eigenvalue weighted by Gasteiger charge is 2.59. The summed E-state index contributed by atoms with van der Waals surface area (Å²) in [7, 11) is 1.05. The van der Waals surface area contributed by atoms with Crippen molar-refractivity contribution >= 4 is 39.8 Å². The molecule has 0 radical (unpaired) electrons. The van der Waals surface area contributed by atoms with Crippen LogP contribution in [-0.4, -0.2) is 29.1 Å². The maximum Gasteiger partial charge on any atom is 0.422 e. The molecule has 0 bridgehead atoms. The number of ether oxygens (including phenoxy) is 1. The molecule has 3 rings (SSSR count). The minimum atomic E-state index is -4.64. The van der Waals surface area contributed by atoms with E-state index in [4.69, 9.17) is 17.0 Å². The summed E-state index contributed by atoms with van der Waals surface area (Å²) in [5.41, 5.74) is -1.68. The molecule has 1 N–H and O–H groups in total. The number of carbonyl (C=O) groups is 1. The Morgan fingerprint density at radius 2 is 1.96 bits per heavy atom. The highest BCUT2D eigenvalue weighted by Crippen LogP contribution is 2.49. The van der Waals surface area contributed by atoms with E-state index in [1.807, 2.05) is 0 Å². The standard InChI is InChI=1S/C18H14F3NO2S2/c1-24-17(18(19,20)21)10-11(9-14-15(23)22-16(25)26-14)7-8-13(17)12-5-3-2-4-6-12/h2-9H,10H2,1H3,(H,22,23,25). The zero-order chi connectivity index (χ0) is 18.9. The molecular weight excluding hydrogens is 383 g/mol. The molecule has 1 amide bonds. The van der Waals surface area contributed by atoms with Crippen LogP contribution in [0.1, 0.15) is 12.0 Å². The van der Waals surface area contributed by atoms with Gasteiger partial charge in [0, 0.05) is 19.1 Å². The second-order valence-corrected chi connectivity index (χ2v) is 7.46. The van der Waals surface area contributed by atoms with Gasteiger partial charge in [-0.15, -0.1) is 0 Å². The van der Waals surface area contributed by atoms with Crippen molar-refractivity contribution in [2.24, 2.45) is 0 Å². The van der Waals surface area contributed by atoms with Crippen molar-refractivity contribution in [1.29, 1.82) is 0 Å². The van der Waals surface area contributed by atoms with Crippen LogP contribution in [0.25, 0.3) is 5.57 Å². The number of allylic oxidation sites excluding steroid dienone is 3. The van der Waals surface area contributed by atoms with Crippen molar-refractivity contribution < 1.29 is 22.7 Å². The SMILES string of the molecule is COC1(C(F)(F)F)CC(C=C2SC(=S)NC2=O)=CC=C1c1ccccc1. The Morgan fingerprint density at radius 3 is 2.50 bits per heavy atom. The number of hydrogen-bond acceptors (Lipinski definition) is 4. The normalized spacial score (nSPS) is 25.2. The number of alkyl halides is 3. The minimum absolute atomic E-state index is 0.0364. The summed E-state index contributed by atoms with van der Waals surface area (Å²) >= 11 is 5.93. The Balaban J connectivity index is 2.08. The highest BCUT2D eigenvalue weighted by molar-refractivity contribution is 8.26. The summed E-state index contributed by atoms with van der Waals surface area (Å²) in [5.74, 6) is -0.409. The van der Waals surface area contributed by atoms with Crippen molar-refractivity contribution in [2.75, 3.05) is 7.11 Å². The Bertz CT molecular complexity index is 844. The van der Waals surface area contributed by atoms with Gasteiger partial charge in [0.2, 0.25) is 0 Å². The van der Waals surface area contributed by atoms with Crippen molar-refractivity contribution in [3.05, 3.63) is 64.6 Å². The molecule has 1 fully saturated rings. The van der Waals surface area contributed by atoms with Gasteiger partial charge < -0.3 is 10.1 Å². The van der Waals surface area contributed by atoms with E-state index in [9.17, 15) is 18.0 Å². The number of benzene rings is 1. The third kappa shape index (κ3) is 3.36. The van der Waals surface area contributed by atoms with Gasteiger partial charge in [0.25, 0.3) is 5.91 Å². The van der Waals surface area contributed by atoms with Crippen LogP contribution in [0.5, 0.6) is 0 Å². The number of halogens is 3. The fraction of sp³-hybridized carbons (Fsp3) is 0.222. The van der Waals surface area contributed by atoms with E-state index >= 15 is 0 Å². The number of methoxy groups -OCH3 is 1. The molecule has 1 aliphatic heterocycles. The maximum atomic E-state index is 14.0. The monoisotopic (exact) mass is 397 g/mol. The lowest BCUT2D eigenvalue weighted by molar-refractivity contribution is -0.244. The first kappa shape index (κ1) is 18.9. The molecule has 0 spiro atoms. The number of thiocarbonyl (C=S) groups is 1. The van der Waals surface area contributed by atoms with Crippen molar-refractivity contribution in [3.63, 3.8) is 0 Å². The molecule has 1 aliphatic carbocycles. The molecule has 0 aromatic heterocycles. The van der Waals surface area contributed by atoms with E-state index in [0.717, 1.165) is 18.9 Å². The second-order valence-electron chi connectivity index (χ2n) is 5.75. The van der Waals surface area contributed by atoms with Crippen molar-refractivity contribution in [3.8, 4) is 0 Å². The molecule has 0 saturated carbocycles. The van der Waals surface area contributed by atoms with Crippen LogP contribution in [0.2, 0.25) is 0 Å². The summed E-state index contributed by atoms with van der Waals surface area (Å²) in [6, 6.07) is 8.31. The predicted octanol–water partition coefficient (Wildman–Crippen LogP) is 4.38. The van der Waals surface area contributed by atoms with Crippen molar-refractivity contribution in [1.82, 2.24) is 5.32 Å². The van der Waals surface area contributed by atoms with E-state index in [1.54, 1.807) is 36.4 Å². The largest absolute Gasteiger partial charge is 0.422 e. The summed E-state index contributed by atoms with van der Waals surface area (Å²) in [5, 5.41) is 2.45. The molecule has 1 aromatic carbocycles. The minimum Gasteiger partial charge on any atom is -0.364 e.